The minimum absolute atomic E-state index is 0.0407. The number of benzene rings is 1. The van der Waals surface area contributed by atoms with Gasteiger partial charge in [-0.1, -0.05) is 19.9 Å². The maximum atomic E-state index is 11.9. The number of halogens is 1. The maximum absolute atomic E-state index is 11.9. The molecule has 4 nitrogen and oxygen atoms in total. The molecule has 98 valence electrons. The zero-order valence-electron chi connectivity index (χ0n) is 10.1. The Morgan fingerprint density at radius 1 is 1.39 bits per heavy atom. The van der Waals surface area contributed by atoms with Gasteiger partial charge in [0.1, 0.15) is 0 Å². The number of rotatable bonds is 2. The minimum atomic E-state index is -3.80. The van der Waals surface area contributed by atoms with Crippen LogP contribution in [0.2, 0.25) is 0 Å². The van der Waals surface area contributed by atoms with Crippen molar-refractivity contribution in [2.75, 3.05) is 0 Å². The summed E-state index contributed by atoms with van der Waals surface area (Å²) in [6, 6.07) is 4.53. The molecule has 1 amide bonds. The van der Waals surface area contributed by atoms with Crippen molar-refractivity contribution in [2.45, 2.75) is 31.2 Å². The number of fused-ring (bicyclic) bond motifs is 1. The Labute approximate surface area is 111 Å². The summed E-state index contributed by atoms with van der Waals surface area (Å²) in [4.78, 5) is 11.9. The van der Waals surface area contributed by atoms with Crippen LogP contribution in [0.4, 0.5) is 0 Å². The summed E-state index contributed by atoms with van der Waals surface area (Å²) in [7, 11) is 1.47. The molecule has 1 atom stereocenters. The Morgan fingerprint density at radius 2 is 2.06 bits per heavy atom. The molecule has 1 aromatic carbocycles. The van der Waals surface area contributed by atoms with E-state index >= 15 is 0 Å². The van der Waals surface area contributed by atoms with Gasteiger partial charge in [0.2, 0.25) is 0 Å². The quantitative estimate of drug-likeness (QED) is 0.845. The molecule has 1 aliphatic heterocycles. The van der Waals surface area contributed by atoms with Crippen molar-refractivity contribution >= 4 is 25.6 Å². The van der Waals surface area contributed by atoms with E-state index in [9.17, 15) is 13.2 Å². The predicted molar refractivity (Wildman–Crippen MR) is 69.3 cm³/mol. The zero-order valence-corrected chi connectivity index (χ0v) is 11.7. The highest BCUT2D eigenvalue weighted by atomic mass is 35.7. The average molecular weight is 288 g/mol. The second kappa shape index (κ2) is 4.55. The summed E-state index contributed by atoms with van der Waals surface area (Å²) >= 11 is 0. The van der Waals surface area contributed by atoms with Crippen LogP contribution in [0.25, 0.3) is 0 Å². The van der Waals surface area contributed by atoms with E-state index in [1.807, 2.05) is 13.8 Å². The summed E-state index contributed by atoms with van der Waals surface area (Å²) in [6.07, 6.45) is 0.710. The van der Waals surface area contributed by atoms with Gasteiger partial charge < -0.3 is 5.32 Å². The molecule has 0 saturated heterocycles. The molecule has 1 aliphatic rings. The Balaban J connectivity index is 2.45. The zero-order chi connectivity index (χ0) is 13.5. The van der Waals surface area contributed by atoms with Crippen LogP contribution in [0, 0.1) is 5.92 Å². The van der Waals surface area contributed by atoms with Crippen LogP contribution >= 0.6 is 10.7 Å². The van der Waals surface area contributed by atoms with Crippen molar-refractivity contribution in [2.24, 2.45) is 5.92 Å². The van der Waals surface area contributed by atoms with Crippen molar-refractivity contribution in [1.82, 2.24) is 5.32 Å². The Kier molecular flexibility index (Phi) is 3.38. The van der Waals surface area contributed by atoms with Gasteiger partial charge in [0, 0.05) is 22.3 Å². The van der Waals surface area contributed by atoms with Crippen molar-refractivity contribution < 1.29 is 13.2 Å². The molecule has 0 spiro atoms. The number of amides is 1. The number of nitrogens with one attached hydrogen (secondary N) is 1. The maximum Gasteiger partial charge on any atom is 0.261 e. The van der Waals surface area contributed by atoms with E-state index in [1.54, 1.807) is 6.07 Å². The molecule has 0 saturated carbocycles. The van der Waals surface area contributed by atoms with Crippen molar-refractivity contribution in [1.29, 1.82) is 0 Å². The van der Waals surface area contributed by atoms with Gasteiger partial charge in [-0.25, -0.2) is 8.42 Å². The fourth-order valence-corrected chi connectivity index (χ4v) is 2.81. The summed E-state index contributed by atoms with van der Waals surface area (Å²) in [5.74, 6) is 0.0932. The van der Waals surface area contributed by atoms with E-state index < -0.39 is 9.05 Å². The summed E-state index contributed by atoms with van der Waals surface area (Å²) in [5.41, 5.74) is 1.26. The van der Waals surface area contributed by atoms with E-state index in [0.29, 0.717) is 17.9 Å². The van der Waals surface area contributed by atoms with Crippen molar-refractivity contribution in [3.8, 4) is 0 Å². The summed E-state index contributed by atoms with van der Waals surface area (Å²) in [6.45, 7) is 4.07. The first-order valence-electron chi connectivity index (χ1n) is 5.67. The molecule has 0 aromatic heterocycles. The molecule has 0 unspecified atom stereocenters. The minimum Gasteiger partial charge on any atom is -0.349 e. The molecule has 0 radical (unpaired) electrons. The van der Waals surface area contributed by atoms with Gasteiger partial charge in [-0.05, 0) is 30.0 Å². The Morgan fingerprint density at radius 3 is 2.61 bits per heavy atom. The topological polar surface area (TPSA) is 63.2 Å². The van der Waals surface area contributed by atoms with Gasteiger partial charge in [-0.15, -0.1) is 0 Å². The van der Waals surface area contributed by atoms with Gasteiger partial charge in [0.15, 0.2) is 0 Å². The second-order valence-corrected chi connectivity index (χ2v) is 7.35. The van der Waals surface area contributed by atoms with Crippen LogP contribution in [0.1, 0.15) is 29.8 Å². The van der Waals surface area contributed by atoms with Gasteiger partial charge in [0.25, 0.3) is 15.0 Å². The average Bonchev–Trinajstić information content (AvgIpc) is 2.27. The fraction of sp³-hybridized carbons (Fsp3) is 0.417. The largest absolute Gasteiger partial charge is 0.349 e. The second-order valence-electron chi connectivity index (χ2n) is 4.78. The number of carbonyl (C=O) groups excluding carboxylic acids is 1. The number of hydrogen-bond acceptors (Lipinski definition) is 3. The summed E-state index contributed by atoms with van der Waals surface area (Å²) in [5, 5.41) is 2.87. The predicted octanol–water partition coefficient (Wildman–Crippen LogP) is 1.92. The lowest BCUT2D eigenvalue weighted by molar-refractivity contribution is 0.0912. The van der Waals surface area contributed by atoms with Crippen LogP contribution in [0.15, 0.2) is 23.1 Å². The molecule has 0 aliphatic carbocycles. The number of carbonyl (C=O) groups is 1. The molecule has 1 aromatic rings. The van der Waals surface area contributed by atoms with Crippen molar-refractivity contribution in [3.05, 3.63) is 29.3 Å². The first-order valence-corrected chi connectivity index (χ1v) is 7.98. The molecule has 18 heavy (non-hydrogen) atoms. The van der Waals surface area contributed by atoms with E-state index in [1.165, 1.54) is 12.1 Å². The fourth-order valence-electron chi connectivity index (χ4n) is 2.03. The molecular weight excluding hydrogens is 274 g/mol. The van der Waals surface area contributed by atoms with Crippen LogP contribution in [0.5, 0.6) is 0 Å². The molecule has 1 heterocycles. The highest BCUT2D eigenvalue weighted by Crippen LogP contribution is 2.24. The lowest BCUT2D eigenvalue weighted by Gasteiger charge is -2.28. The first kappa shape index (κ1) is 13.4. The first-order chi connectivity index (χ1) is 8.29. The summed E-state index contributed by atoms with van der Waals surface area (Å²) < 4.78 is 22.5. The molecule has 2 rings (SSSR count). The smallest absolute Gasteiger partial charge is 0.261 e. The number of hydrogen-bond donors (Lipinski definition) is 1. The van der Waals surface area contributed by atoms with E-state index in [2.05, 4.69) is 5.32 Å². The van der Waals surface area contributed by atoms with Gasteiger partial charge in [0.05, 0.1) is 4.90 Å². The Bertz CT molecular complexity index is 595. The third kappa shape index (κ3) is 2.52. The highest BCUT2D eigenvalue weighted by Gasteiger charge is 2.27. The van der Waals surface area contributed by atoms with E-state index in [4.69, 9.17) is 10.7 Å². The van der Waals surface area contributed by atoms with Crippen LogP contribution in [-0.2, 0) is 15.5 Å². The third-order valence-corrected chi connectivity index (χ3v) is 4.52. The van der Waals surface area contributed by atoms with Crippen LogP contribution < -0.4 is 5.32 Å². The monoisotopic (exact) mass is 287 g/mol. The normalized spacial score (nSPS) is 19.6. The lowest BCUT2D eigenvalue weighted by Crippen LogP contribution is -2.44. The standard InChI is InChI=1S/C12H14ClNO3S/c1-7(2)11-5-8-3-4-9(18(13,16)17)6-10(8)12(15)14-11/h3-4,6-7,11H,5H2,1-2H3,(H,14,15)/t11-/m0/s1. The van der Waals surface area contributed by atoms with Crippen LogP contribution in [0.3, 0.4) is 0 Å². The van der Waals surface area contributed by atoms with Crippen LogP contribution in [-0.4, -0.2) is 20.4 Å². The van der Waals surface area contributed by atoms with Gasteiger partial charge in [-0.3, -0.25) is 4.79 Å². The lowest BCUT2D eigenvalue weighted by atomic mass is 9.89. The SMILES string of the molecule is CC(C)[C@@H]1Cc2ccc(S(=O)(=O)Cl)cc2C(=O)N1. The Hall–Kier alpha value is -1.07. The van der Waals surface area contributed by atoms with E-state index in [-0.39, 0.29) is 16.8 Å². The third-order valence-electron chi connectivity index (χ3n) is 3.17. The molecule has 1 N–H and O–H groups in total. The molecular formula is C12H14ClNO3S. The molecule has 0 bridgehead atoms. The van der Waals surface area contributed by atoms with Gasteiger partial charge in [-0.2, -0.15) is 0 Å². The van der Waals surface area contributed by atoms with Crippen molar-refractivity contribution in [3.63, 3.8) is 0 Å². The molecule has 0 fully saturated rings. The molecule has 6 heteroatoms. The van der Waals surface area contributed by atoms with E-state index in [0.717, 1.165) is 5.56 Å². The van der Waals surface area contributed by atoms with Gasteiger partial charge >= 0.3 is 0 Å². The highest BCUT2D eigenvalue weighted by molar-refractivity contribution is 8.13.